The van der Waals surface area contributed by atoms with Crippen LogP contribution in [0.1, 0.15) is 31.7 Å². The van der Waals surface area contributed by atoms with Crippen molar-refractivity contribution >= 4 is 17.6 Å². The van der Waals surface area contributed by atoms with Crippen molar-refractivity contribution in [3.05, 3.63) is 41.0 Å². The van der Waals surface area contributed by atoms with E-state index in [0.29, 0.717) is 0 Å². The zero-order chi connectivity index (χ0) is 15.4. The summed E-state index contributed by atoms with van der Waals surface area (Å²) in [6.45, 7) is 5.27. The third-order valence-electron chi connectivity index (χ3n) is 3.77. The van der Waals surface area contributed by atoms with Crippen LogP contribution in [0, 0.1) is 0 Å². The van der Waals surface area contributed by atoms with E-state index in [0.717, 1.165) is 35.5 Å². The smallest absolute Gasteiger partial charge is 0.303 e. The molecule has 1 unspecified atom stereocenters. The Morgan fingerprint density at radius 2 is 1.90 bits per heavy atom. The Morgan fingerprint density at radius 3 is 2.38 bits per heavy atom. The van der Waals surface area contributed by atoms with Crippen LogP contribution in [0.4, 0.5) is 5.69 Å². The van der Waals surface area contributed by atoms with E-state index >= 15 is 0 Å². The molecule has 1 aromatic rings. The molecule has 0 saturated carbocycles. The first-order valence-corrected chi connectivity index (χ1v) is 7.00. The first kappa shape index (κ1) is 15.3. The first-order valence-electron chi connectivity index (χ1n) is 7.00. The van der Waals surface area contributed by atoms with E-state index in [-0.39, 0.29) is 18.2 Å². The number of aliphatic carboxylic acids is 1. The predicted octanol–water partition coefficient (Wildman–Crippen LogP) is 2.12. The molecule has 0 radical (unpaired) electrons. The molecular formula is C16H20N2O3. The third kappa shape index (κ3) is 3.92. The Kier molecular flexibility index (Phi) is 4.75. The lowest BCUT2D eigenvalue weighted by Gasteiger charge is -2.21. The SMILES string of the molecule is CC(C(=O)Nc1ccc(C(C)CC(=O)O)cc1)=C1CNC1. The average Bonchev–Trinajstić information content (AvgIpc) is 2.36. The summed E-state index contributed by atoms with van der Waals surface area (Å²) in [5.74, 6) is -0.939. The fourth-order valence-corrected chi connectivity index (χ4v) is 2.18. The van der Waals surface area contributed by atoms with Crippen molar-refractivity contribution in [2.45, 2.75) is 26.2 Å². The second-order valence-electron chi connectivity index (χ2n) is 5.41. The van der Waals surface area contributed by atoms with Gasteiger partial charge in [-0.2, -0.15) is 0 Å². The predicted molar refractivity (Wildman–Crippen MR) is 81.3 cm³/mol. The lowest BCUT2D eigenvalue weighted by molar-refractivity contribution is -0.137. The molecule has 1 amide bonds. The fraction of sp³-hybridized carbons (Fsp3) is 0.375. The number of nitrogens with one attached hydrogen (secondary N) is 2. The zero-order valence-electron chi connectivity index (χ0n) is 12.3. The molecule has 2 rings (SSSR count). The quantitative estimate of drug-likeness (QED) is 0.725. The van der Waals surface area contributed by atoms with Crippen LogP contribution < -0.4 is 10.6 Å². The Hall–Kier alpha value is -2.14. The second-order valence-corrected chi connectivity index (χ2v) is 5.41. The van der Waals surface area contributed by atoms with Crippen LogP contribution in [0.2, 0.25) is 0 Å². The van der Waals surface area contributed by atoms with E-state index in [9.17, 15) is 9.59 Å². The van der Waals surface area contributed by atoms with Crippen LogP contribution in [0.15, 0.2) is 35.4 Å². The van der Waals surface area contributed by atoms with Crippen LogP contribution >= 0.6 is 0 Å². The number of amides is 1. The molecule has 0 aromatic heterocycles. The van der Waals surface area contributed by atoms with Crippen molar-refractivity contribution in [2.75, 3.05) is 18.4 Å². The third-order valence-corrected chi connectivity index (χ3v) is 3.77. The molecule has 1 fully saturated rings. The summed E-state index contributed by atoms with van der Waals surface area (Å²) in [4.78, 5) is 22.7. The highest BCUT2D eigenvalue weighted by Gasteiger charge is 2.16. The molecule has 0 spiro atoms. The summed E-state index contributed by atoms with van der Waals surface area (Å²) in [6.07, 6.45) is 0.101. The summed E-state index contributed by atoms with van der Waals surface area (Å²) < 4.78 is 0. The summed E-state index contributed by atoms with van der Waals surface area (Å²) in [7, 11) is 0. The van der Waals surface area contributed by atoms with E-state index in [4.69, 9.17) is 5.11 Å². The van der Waals surface area contributed by atoms with Crippen LogP contribution in [-0.2, 0) is 9.59 Å². The van der Waals surface area contributed by atoms with Crippen molar-refractivity contribution in [1.82, 2.24) is 5.32 Å². The van der Waals surface area contributed by atoms with Gasteiger partial charge in [0.25, 0.3) is 5.91 Å². The van der Waals surface area contributed by atoms with Gasteiger partial charge >= 0.3 is 5.97 Å². The topological polar surface area (TPSA) is 78.4 Å². The molecule has 1 aliphatic heterocycles. The van der Waals surface area contributed by atoms with Crippen LogP contribution in [0.25, 0.3) is 0 Å². The zero-order valence-corrected chi connectivity index (χ0v) is 12.3. The van der Waals surface area contributed by atoms with Crippen molar-refractivity contribution in [3.8, 4) is 0 Å². The highest BCUT2D eigenvalue weighted by molar-refractivity contribution is 6.04. The minimum Gasteiger partial charge on any atom is -0.481 e. The van der Waals surface area contributed by atoms with Gasteiger partial charge in [0.15, 0.2) is 0 Å². The van der Waals surface area contributed by atoms with Crippen LogP contribution in [-0.4, -0.2) is 30.1 Å². The maximum atomic E-state index is 12.0. The molecule has 1 saturated heterocycles. The lowest BCUT2D eigenvalue weighted by atomic mass is 9.97. The van der Waals surface area contributed by atoms with E-state index in [2.05, 4.69) is 10.6 Å². The van der Waals surface area contributed by atoms with Crippen molar-refractivity contribution in [1.29, 1.82) is 0 Å². The summed E-state index contributed by atoms with van der Waals surface area (Å²) in [5, 5.41) is 14.8. The number of hydrogen-bond donors (Lipinski definition) is 3. The Balaban J connectivity index is 1.99. The molecule has 21 heavy (non-hydrogen) atoms. The van der Waals surface area contributed by atoms with Crippen molar-refractivity contribution in [3.63, 3.8) is 0 Å². The fourth-order valence-electron chi connectivity index (χ4n) is 2.18. The molecule has 112 valence electrons. The molecule has 5 nitrogen and oxygen atoms in total. The van der Waals surface area contributed by atoms with E-state index in [1.165, 1.54) is 0 Å². The monoisotopic (exact) mass is 288 g/mol. The van der Waals surface area contributed by atoms with Gasteiger partial charge < -0.3 is 15.7 Å². The largest absolute Gasteiger partial charge is 0.481 e. The number of anilines is 1. The molecule has 5 heteroatoms. The van der Waals surface area contributed by atoms with Gasteiger partial charge in [-0.1, -0.05) is 19.1 Å². The van der Waals surface area contributed by atoms with Crippen molar-refractivity contribution in [2.24, 2.45) is 0 Å². The molecule has 1 heterocycles. The second kappa shape index (κ2) is 6.54. The maximum absolute atomic E-state index is 12.0. The average molecular weight is 288 g/mol. The number of carboxylic acid groups (broad SMARTS) is 1. The van der Waals surface area contributed by atoms with Gasteiger partial charge in [0, 0.05) is 24.4 Å². The number of hydrogen-bond acceptors (Lipinski definition) is 3. The van der Waals surface area contributed by atoms with E-state index < -0.39 is 5.97 Å². The van der Waals surface area contributed by atoms with Gasteiger partial charge in [0.1, 0.15) is 0 Å². The van der Waals surface area contributed by atoms with Crippen LogP contribution in [0.5, 0.6) is 0 Å². The molecule has 0 aliphatic carbocycles. The van der Waals surface area contributed by atoms with Gasteiger partial charge in [0.2, 0.25) is 0 Å². The number of carbonyl (C=O) groups excluding carboxylic acids is 1. The molecule has 1 aromatic carbocycles. The molecule has 1 atom stereocenters. The number of carbonyl (C=O) groups is 2. The lowest BCUT2D eigenvalue weighted by Crippen LogP contribution is -2.36. The molecule has 0 bridgehead atoms. The normalized spacial score (nSPS) is 15.0. The molecule has 3 N–H and O–H groups in total. The van der Waals surface area contributed by atoms with Gasteiger partial charge in [-0.3, -0.25) is 9.59 Å². The Labute approximate surface area is 124 Å². The Morgan fingerprint density at radius 1 is 1.29 bits per heavy atom. The van der Waals surface area contributed by atoms with Gasteiger partial charge in [-0.15, -0.1) is 0 Å². The maximum Gasteiger partial charge on any atom is 0.303 e. The molecular weight excluding hydrogens is 268 g/mol. The van der Waals surface area contributed by atoms with Gasteiger partial charge in [0.05, 0.1) is 6.42 Å². The summed E-state index contributed by atoms with van der Waals surface area (Å²) in [6, 6.07) is 7.33. The number of benzene rings is 1. The summed E-state index contributed by atoms with van der Waals surface area (Å²) in [5.41, 5.74) is 3.57. The minimum atomic E-state index is -0.809. The number of carboxylic acids is 1. The van der Waals surface area contributed by atoms with Crippen LogP contribution in [0.3, 0.4) is 0 Å². The standard InChI is InChI=1S/C16H20N2O3/c1-10(7-15(19)20)12-3-5-14(6-4-12)18-16(21)11(2)13-8-17-9-13/h3-6,10,17H,7-9H2,1-2H3,(H,18,21)(H,19,20). The molecule has 1 aliphatic rings. The summed E-state index contributed by atoms with van der Waals surface area (Å²) >= 11 is 0. The van der Waals surface area contributed by atoms with E-state index in [1.807, 2.05) is 38.1 Å². The van der Waals surface area contributed by atoms with Gasteiger partial charge in [-0.05, 0) is 36.1 Å². The van der Waals surface area contributed by atoms with Crippen molar-refractivity contribution < 1.29 is 14.7 Å². The van der Waals surface area contributed by atoms with Gasteiger partial charge in [-0.25, -0.2) is 0 Å². The van der Waals surface area contributed by atoms with E-state index in [1.54, 1.807) is 0 Å². The number of rotatable bonds is 5. The first-order chi connectivity index (χ1) is 9.97. The highest BCUT2D eigenvalue weighted by Crippen LogP contribution is 2.21. The highest BCUT2D eigenvalue weighted by atomic mass is 16.4. The Bertz CT molecular complexity index is 570. The minimum absolute atomic E-state index is 0.0443.